The van der Waals surface area contributed by atoms with Crippen LogP contribution in [0.3, 0.4) is 0 Å². The van der Waals surface area contributed by atoms with Crippen molar-refractivity contribution >= 4 is 37.6 Å². The van der Waals surface area contributed by atoms with Crippen LogP contribution in [0, 0.1) is 0 Å². The molecular weight excluding hydrogens is 199 g/mol. The molecule has 0 aliphatic carbocycles. The highest BCUT2D eigenvalue weighted by molar-refractivity contribution is 7.47. The number of halogens is 2. The van der Waals surface area contributed by atoms with Crippen molar-refractivity contribution in [2.45, 2.75) is 37.1 Å². The molecule has 1 fully saturated rings. The fraction of sp³-hybridized carbons (Fsp3) is 1.00. The molecule has 0 saturated carbocycles. The predicted octanol–water partition coefficient (Wildman–Crippen LogP) is 3.10. The van der Waals surface area contributed by atoms with Gasteiger partial charge in [-0.15, -0.1) is 22.2 Å². The van der Waals surface area contributed by atoms with E-state index in [0.717, 1.165) is 6.04 Å². The molecule has 4 heteroatoms. The van der Waals surface area contributed by atoms with Crippen LogP contribution in [-0.4, -0.2) is 15.5 Å². The number of hydrogen-bond acceptors (Lipinski definition) is 0. The van der Waals surface area contributed by atoms with Crippen molar-refractivity contribution in [1.82, 2.24) is 0 Å². The van der Waals surface area contributed by atoms with Gasteiger partial charge in [-0.2, -0.15) is 0 Å². The summed E-state index contributed by atoms with van der Waals surface area (Å²) in [6, 6.07) is 4.04. The van der Waals surface area contributed by atoms with Gasteiger partial charge in [-0.05, 0) is 11.7 Å². The summed E-state index contributed by atoms with van der Waals surface area (Å²) in [4.78, 5) is 0. The van der Waals surface area contributed by atoms with Gasteiger partial charge in [-0.25, -0.2) is 0 Å². The molecule has 0 bridgehead atoms. The van der Waals surface area contributed by atoms with E-state index in [4.69, 9.17) is 22.2 Å². The van der Waals surface area contributed by atoms with E-state index in [2.05, 4.69) is 6.92 Å². The van der Waals surface area contributed by atoms with Gasteiger partial charge in [-0.3, -0.25) is 0 Å². The molecule has 10 heavy (non-hydrogen) atoms. The van der Waals surface area contributed by atoms with Crippen LogP contribution in [0.5, 0.6) is 0 Å². The van der Waals surface area contributed by atoms with Crippen molar-refractivity contribution < 1.29 is 0 Å². The monoisotopic (exact) mass is 212 g/mol. The maximum absolute atomic E-state index is 6.18. The minimum Gasteiger partial charge on any atom is -0.146 e. The Kier molecular flexibility index (Phi) is 3.29. The average Bonchev–Trinajstić information content (AvgIpc) is 1.86. The SMILES string of the molecule is CC[SiH]1CCC[Si](Cl)(Cl)C1. The summed E-state index contributed by atoms with van der Waals surface area (Å²) >= 11 is 12.4. The first kappa shape index (κ1) is 9.10. The molecule has 1 heterocycles. The highest BCUT2D eigenvalue weighted by Gasteiger charge is 2.35. The van der Waals surface area contributed by atoms with E-state index in [0.29, 0.717) is 0 Å². The first-order chi connectivity index (χ1) is 4.64. The molecule has 1 rings (SSSR count). The molecule has 1 atom stereocenters. The van der Waals surface area contributed by atoms with Gasteiger partial charge in [0.25, 0.3) is 0 Å². The number of hydrogen-bond donors (Lipinski definition) is 0. The maximum Gasteiger partial charge on any atom is 0.248 e. The van der Waals surface area contributed by atoms with Crippen molar-refractivity contribution in [3.05, 3.63) is 0 Å². The highest BCUT2D eigenvalue weighted by atomic mass is 35.7. The standard InChI is InChI=1S/C6H14Cl2Si2/c1-2-9-4-3-5-10(7,8)6-9/h9H,2-6H2,1H3. The molecule has 0 aromatic heterocycles. The van der Waals surface area contributed by atoms with E-state index in [1.807, 2.05) is 0 Å². The van der Waals surface area contributed by atoms with E-state index >= 15 is 0 Å². The van der Waals surface area contributed by atoms with Crippen LogP contribution in [0.2, 0.25) is 23.8 Å². The Bertz CT molecular complexity index is 116. The van der Waals surface area contributed by atoms with Crippen molar-refractivity contribution in [3.8, 4) is 0 Å². The molecule has 0 spiro atoms. The van der Waals surface area contributed by atoms with E-state index in [-0.39, 0.29) is 0 Å². The zero-order valence-corrected chi connectivity index (χ0v) is 10.0. The third kappa shape index (κ3) is 2.57. The van der Waals surface area contributed by atoms with Crippen LogP contribution in [0.25, 0.3) is 0 Å². The smallest absolute Gasteiger partial charge is 0.146 e. The summed E-state index contributed by atoms with van der Waals surface area (Å²) in [6.07, 6.45) is 1.32. The fourth-order valence-corrected chi connectivity index (χ4v) is 14.8. The molecule has 0 aromatic carbocycles. The predicted molar refractivity (Wildman–Crippen MR) is 54.1 cm³/mol. The third-order valence-electron chi connectivity index (χ3n) is 2.32. The first-order valence-electron chi connectivity index (χ1n) is 4.02. The maximum atomic E-state index is 6.18. The third-order valence-corrected chi connectivity index (χ3v) is 14.4. The van der Waals surface area contributed by atoms with Crippen molar-refractivity contribution in [3.63, 3.8) is 0 Å². The number of rotatable bonds is 1. The zero-order chi connectivity index (χ0) is 7.61. The van der Waals surface area contributed by atoms with E-state index in [1.54, 1.807) is 0 Å². The van der Waals surface area contributed by atoms with Crippen LogP contribution in [-0.2, 0) is 0 Å². The summed E-state index contributed by atoms with van der Waals surface area (Å²) in [6.45, 7) is 0.624. The van der Waals surface area contributed by atoms with E-state index in [9.17, 15) is 0 Å². The van der Waals surface area contributed by atoms with Crippen LogP contribution in [0.4, 0.5) is 0 Å². The Morgan fingerprint density at radius 1 is 1.50 bits per heavy atom. The van der Waals surface area contributed by atoms with Crippen LogP contribution in [0.15, 0.2) is 0 Å². The van der Waals surface area contributed by atoms with Crippen LogP contribution in [0.1, 0.15) is 13.3 Å². The molecule has 1 aliphatic heterocycles. The summed E-state index contributed by atoms with van der Waals surface area (Å²) in [5.74, 6) is 0. The molecule has 0 amide bonds. The molecule has 1 saturated heterocycles. The van der Waals surface area contributed by atoms with Gasteiger partial charge < -0.3 is 0 Å². The lowest BCUT2D eigenvalue weighted by atomic mass is 10.6. The Hall–Kier alpha value is 1.01. The van der Waals surface area contributed by atoms with Crippen molar-refractivity contribution in [1.29, 1.82) is 0 Å². The molecular formula is C6H14Cl2Si2. The summed E-state index contributed by atoms with van der Waals surface area (Å²) in [5, 5.41) is 0. The summed E-state index contributed by atoms with van der Waals surface area (Å²) in [5.41, 5.74) is 1.27. The lowest BCUT2D eigenvalue weighted by Gasteiger charge is -2.27. The highest BCUT2D eigenvalue weighted by Crippen LogP contribution is 2.35. The average molecular weight is 213 g/mol. The van der Waals surface area contributed by atoms with Gasteiger partial charge in [-0.1, -0.05) is 25.4 Å². The van der Waals surface area contributed by atoms with Crippen molar-refractivity contribution in [2.24, 2.45) is 0 Å². The molecule has 0 N–H and O–H groups in total. The summed E-state index contributed by atoms with van der Waals surface area (Å²) < 4.78 is 0. The Morgan fingerprint density at radius 2 is 2.20 bits per heavy atom. The Balaban J connectivity index is 2.40. The molecule has 60 valence electrons. The van der Waals surface area contributed by atoms with Crippen molar-refractivity contribution in [2.75, 3.05) is 0 Å². The van der Waals surface area contributed by atoms with Gasteiger partial charge in [0.1, 0.15) is 0 Å². The lowest BCUT2D eigenvalue weighted by Crippen LogP contribution is -2.32. The molecule has 0 nitrogen and oxygen atoms in total. The van der Waals surface area contributed by atoms with Gasteiger partial charge >= 0.3 is 0 Å². The first-order valence-corrected chi connectivity index (χ1v) is 10.9. The molecule has 0 aromatic rings. The molecule has 1 unspecified atom stereocenters. The second-order valence-electron chi connectivity index (χ2n) is 3.23. The largest absolute Gasteiger partial charge is 0.248 e. The second-order valence-corrected chi connectivity index (χ2v) is 15.1. The van der Waals surface area contributed by atoms with E-state index < -0.39 is 15.5 Å². The topological polar surface area (TPSA) is 0 Å². The van der Waals surface area contributed by atoms with E-state index in [1.165, 1.54) is 24.2 Å². The zero-order valence-electron chi connectivity index (χ0n) is 6.37. The molecule has 1 aliphatic rings. The normalized spacial score (nSPS) is 32.1. The fourth-order valence-electron chi connectivity index (χ4n) is 1.62. The van der Waals surface area contributed by atoms with Gasteiger partial charge in [0.2, 0.25) is 6.69 Å². The summed E-state index contributed by atoms with van der Waals surface area (Å²) in [7, 11) is -0.432. The van der Waals surface area contributed by atoms with Gasteiger partial charge in [0, 0.05) is 8.80 Å². The quantitative estimate of drug-likeness (QED) is 0.464. The Morgan fingerprint density at radius 3 is 2.60 bits per heavy atom. The Labute approximate surface area is 74.9 Å². The van der Waals surface area contributed by atoms with Gasteiger partial charge in [0.05, 0.1) is 0 Å². The lowest BCUT2D eigenvalue weighted by molar-refractivity contribution is 1.01. The molecule has 0 radical (unpaired) electrons. The minimum absolute atomic E-state index is 0.432. The van der Waals surface area contributed by atoms with Gasteiger partial charge in [0.15, 0.2) is 0 Å². The van der Waals surface area contributed by atoms with Crippen LogP contribution < -0.4 is 0 Å². The van der Waals surface area contributed by atoms with Crippen LogP contribution >= 0.6 is 22.2 Å². The minimum atomic E-state index is -1.67. The second kappa shape index (κ2) is 3.61.